The summed E-state index contributed by atoms with van der Waals surface area (Å²) in [6.07, 6.45) is -6.74. The first-order valence-electron chi connectivity index (χ1n) is 10.5. The highest BCUT2D eigenvalue weighted by molar-refractivity contribution is 6.38. The van der Waals surface area contributed by atoms with Crippen molar-refractivity contribution < 1.29 is 39.1 Å². The van der Waals surface area contributed by atoms with Gasteiger partial charge in [0.2, 0.25) is 0 Å². The van der Waals surface area contributed by atoms with Gasteiger partial charge in [-0.25, -0.2) is 4.79 Å². The topological polar surface area (TPSA) is 141 Å². The average Bonchev–Trinajstić information content (AvgIpc) is 2.84. The summed E-state index contributed by atoms with van der Waals surface area (Å²) in [5.41, 5.74) is 7.84. The molecule has 0 saturated carbocycles. The molecule has 2 aromatic carbocycles. The Kier molecular flexibility index (Phi) is 9.14. The van der Waals surface area contributed by atoms with Crippen LogP contribution < -0.4 is 10.5 Å². The molecular weight excluding hydrogens is 489 g/mol. The van der Waals surface area contributed by atoms with E-state index in [1.807, 2.05) is 24.3 Å². The van der Waals surface area contributed by atoms with Crippen LogP contribution in [0.1, 0.15) is 27.0 Å². The SMILES string of the molecule is CO[C@H]1O[C@H](CO)[C@@H](O)[C@H](OC(=O)c2cc(Cl)c(OCc3cccc(CN)c3)c(Cl)c2C)[C@H]1O. The molecule has 5 N–H and O–H groups in total. The van der Waals surface area contributed by atoms with Gasteiger partial charge in [0.1, 0.15) is 24.9 Å². The van der Waals surface area contributed by atoms with Gasteiger partial charge in [-0.3, -0.25) is 0 Å². The van der Waals surface area contributed by atoms with E-state index < -0.39 is 43.3 Å². The van der Waals surface area contributed by atoms with Gasteiger partial charge in [0.25, 0.3) is 0 Å². The van der Waals surface area contributed by atoms with Gasteiger partial charge in [-0.15, -0.1) is 0 Å². The normalized spacial score (nSPS) is 24.6. The summed E-state index contributed by atoms with van der Waals surface area (Å²) < 4.78 is 21.4. The molecule has 0 radical (unpaired) electrons. The summed E-state index contributed by atoms with van der Waals surface area (Å²) in [4.78, 5) is 12.9. The Morgan fingerprint density at radius 1 is 1.18 bits per heavy atom. The smallest absolute Gasteiger partial charge is 0.338 e. The number of esters is 1. The van der Waals surface area contributed by atoms with Gasteiger partial charge in [-0.1, -0.05) is 47.5 Å². The van der Waals surface area contributed by atoms with Crippen molar-refractivity contribution in [3.8, 4) is 5.75 Å². The van der Waals surface area contributed by atoms with Crippen LogP contribution in [0.25, 0.3) is 0 Å². The number of carbonyl (C=O) groups excluding carboxylic acids is 1. The number of rotatable bonds is 8. The van der Waals surface area contributed by atoms with Crippen LogP contribution in [-0.2, 0) is 27.4 Å². The van der Waals surface area contributed by atoms with Crippen LogP contribution in [0.4, 0.5) is 0 Å². The van der Waals surface area contributed by atoms with Crippen LogP contribution in [0.2, 0.25) is 10.0 Å². The molecule has 5 atom stereocenters. The van der Waals surface area contributed by atoms with Gasteiger partial charge in [0.05, 0.1) is 22.2 Å². The van der Waals surface area contributed by atoms with Gasteiger partial charge in [-0.05, 0) is 29.7 Å². The van der Waals surface area contributed by atoms with E-state index in [-0.39, 0.29) is 28.0 Å². The van der Waals surface area contributed by atoms with Crippen LogP contribution in [-0.4, -0.2) is 65.7 Å². The molecular formula is C23H27Cl2NO8. The van der Waals surface area contributed by atoms with Gasteiger partial charge < -0.3 is 40.0 Å². The van der Waals surface area contributed by atoms with Crippen LogP contribution in [0.5, 0.6) is 5.75 Å². The largest absolute Gasteiger partial charge is 0.486 e. The first kappa shape index (κ1) is 26.7. The predicted molar refractivity (Wildman–Crippen MR) is 124 cm³/mol. The zero-order valence-electron chi connectivity index (χ0n) is 18.6. The van der Waals surface area contributed by atoms with Crippen LogP contribution >= 0.6 is 23.2 Å². The molecule has 1 aliphatic rings. The number of nitrogens with two attached hydrogens (primary N) is 1. The third-order valence-electron chi connectivity index (χ3n) is 5.55. The lowest BCUT2D eigenvalue weighted by Crippen LogP contribution is -2.60. The number of halogens is 2. The molecule has 0 amide bonds. The highest BCUT2D eigenvalue weighted by Crippen LogP contribution is 2.38. The summed E-state index contributed by atoms with van der Waals surface area (Å²) in [7, 11) is 1.27. The van der Waals surface area contributed by atoms with E-state index in [1.165, 1.54) is 13.2 Å². The zero-order chi connectivity index (χ0) is 25.0. The molecule has 0 aromatic heterocycles. The number of carbonyl (C=O) groups is 1. The third kappa shape index (κ3) is 5.64. The van der Waals surface area contributed by atoms with E-state index in [4.69, 9.17) is 47.9 Å². The highest BCUT2D eigenvalue weighted by Gasteiger charge is 2.47. The predicted octanol–water partition coefficient (Wildman–Crippen LogP) is 1.95. The van der Waals surface area contributed by atoms with E-state index in [9.17, 15) is 20.1 Å². The maximum atomic E-state index is 12.9. The monoisotopic (exact) mass is 515 g/mol. The molecule has 11 heteroatoms. The maximum Gasteiger partial charge on any atom is 0.338 e. The molecule has 3 rings (SSSR count). The fraction of sp³-hybridized carbons (Fsp3) is 0.435. The van der Waals surface area contributed by atoms with Gasteiger partial charge in [0, 0.05) is 13.7 Å². The van der Waals surface area contributed by atoms with E-state index in [0.29, 0.717) is 12.1 Å². The van der Waals surface area contributed by atoms with Crippen LogP contribution in [0.15, 0.2) is 30.3 Å². The summed E-state index contributed by atoms with van der Waals surface area (Å²) in [5.74, 6) is -0.693. The minimum atomic E-state index is -1.50. The van der Waals surface area contributed by atoms with E-state index in [1.54, 1.807) is 6.92 Å². The lowest BCUT2D eigenvalue weighted by atomic mass is 9.98. The van der Waals surface area contributed by atoms with E-state index in [0.717, 1.165) is 11.1 Å². The first-order chi connectivity index (χ1) is 16.2. The molecule has 0 spiro atoms. The van der Waals surface area contributed by atoms with Crippen molar-refractivity contribution in [1.82, 2.24) is 0 Å². The number of hydrogen-bond donors (Lipinski definition) is 4. The number of benzene rings is 2. The van der Waals surface area contributed by atoms with Crippen molar-refractivity contribution in [3.63, 3.8) is 0 Å². The Bertz CT molecular complexity index is 1000. The quantitative estimate of drug-likeness (QED) is 0.388. The molecule has 186 valence electrons. The molecule has 0 aliphatic carbocycles. The Morgan fingerprint density at radius 2 is 1.88 bits per heavy atom. The standard InChI is InChI=1S/C23H27Cl2NO8/c1-11-14(22(30)34-21-18(28)16(9-27)33-23(31-2)19(21)29)7-15(24)20(17(11)25)32-10-13-5-3-4-12(6-13)8-26/h3-7,16,18-19,21,23,27-29H,8-10,26H2,1-2H3/t16-,18-,19-,21+,23+/m1/s1. The minimum Gasteiger partial charge on any atom is -0.486 e. The second-order valence-electron chi connectivity index (χ2n) is 7.80. The Hall–Kier alpha value is -1.95. The second-order valence-corrected chi connectivity index (χ2v) is 8.58. The molecule has 1 aliphatic heterocycles. The van der Waals surface area contributed by atoms with Gasteiger partial charge >= 0.3 is 5.97 Å². The molecule has 34 heavy (non-hydrogen) atoms. The number of aliphatic hydroxyl groups is 3. The molecule has 1 saturated heterocycles. The molecule has 1 fully saturated rings. The lowest BCUT2D eigenvalue weighted by Gasteiger charge is -2.40. The average molecular weight is 516 g/mol. The summed E-state index contributed by atoms with van der Waals surface area (Å²) in [6, 6.07) is 8.88. The first-order valence-corrected chi connectivity index (χ1v) is 11.2. The molecule has 2 aromatic rings. The summed E-state index contributed by atoms with van der Waals surface area (Å²) in [6.45, 7) is 1.59. The minimum absolute atomic E-state index is 0.0212. The fourth-order valence-electron chi connectivity index (χ4n) is 3.61. The molecule has 0 bridgehead atoms. The van der Waals surface area contributed by atoms with Crippen molar-refractivity contribution in [2.45, 2.75) is 50.8 Å². The maximum absolute atomic E-state index is 12.9. The van der Waals surface area contributed by atoms with Crippen molar-refractivity contribution in [1.29, 1.82) is 0 Å². The van der Waals surface area contributed by atoms with E-state index in [2.05, 4.69) is 0 Å². The molecule has 9 nitrogen and oxygen atoms in total. The third-order valence-corrected chi connectivity index (χ3v) is 6.28. The highest BCUT2D eigenvalue weighted by atomic mass is 35.5. The Labute approximate surface area is 206 Å². The van der Waals surface area contributed by atoms with Crippen molar-refractivity contribution in [2.24, 2.45) is 5.73 Å². The van der Waals surface area contributed by atoms with Crippen molar-refractivity contribution >= 4 is 29.2 Å². The van der Waals surface area contributed by atoms with Crippen LogP contribution in [0, 0.1) is 6.92 Å². The lowest BCUT2D eigenvalue weighted by molar-refractivity contribution is -0.293. The number of methoxy groups -OCH3 is 1. The van der Waals surface area contributed by atoms with Crippen LogP contribution in [0.3, 0.4) is 0 Å². The second kappa shape index (κ2) is 11.7. The number of hydrogen-bond acceptors (Lipinski definition) is 9. The van der Waals surface area contributed by atoms with Gasteiger partial charge in [-0.2, -0.15) is 0 Å². The van der Waals surface area contributed by atoms with Gasteiger partial charge in [0.15, 0.2) is 18.1 Å². The number of aliphatic hydroxyl groups excluding tert-OH is 3. The summed E-state index contributed by atoms with van der Waals surface area (Å²) in [5, 5.41) is 30.4. The zero-order valence-corrected chi connectivity index (χ0v) is 20.1. The summed E-state index contributed by atoms with van der Waals surface area (Å²) >= 11 is 12.8. The molecule has 0 unspecified atom stereocenters. The van der Waals surface area contributed by atoms with E-state index >= 15 is 0 Å². The number of ether oxygens (including phenoxy) is 4. The molecule has 1 heterocycles. The Morgan fingerprint density at radius 3 is 2.53 bits per heavy atom. The fourth-order valence-corrected chi connectivity index (χ4v) is 4.18. The van der Waals surface area contributed by atoms with Crippen molar-refractivity contribution in [2.75, 3.05) is 13.7 Å². The Balaban J connectivity index is 1.80. The van der Waals surface area contributed by atoms with Crippen molar-refractivity contribution in [3.05, 3.63) is 62.6 Å².